The van der Waals surface area contributed by atoms with Crippen molar-refractivity contribution in [2.75, 3.05) is 0 Å². The quantitative estimate of drug-likeness (QED) is 0.799. The molecule has 2 amide bonds. The lowest BCUT2D eigenvalue weighted by Crippen LogP contribution is -2.17. The maximum Gasteiger partial charge on any atom is 0.573 e. The third kappa shape index (κ3) is 3.80. The molecular weight excluding hydrogens is 363 g/mol. The van der Waals surface area contributed by atoms with Gasteiger partial charge in [-0.05, 0) is 42.1 Å². The fourth-order valence-electron chi connectivity index (χ4n) is 2.01. The van der Waals surface area contributed by atoms with Crippen molar-refractivity contribution in [3.63, 3.8) is 0 Å². The van der Waals surface area contributed by atoms with Crippen LogP contribution in [0.3, 0.4) is 0 Å². The molecule has 1 N–H and O–H groups in total. The standard InChI is InChI=1S/C15H8F3NO3S2/c16-15(17,18)22-10-4-2-1-3-9(10)11-6-5-8(23-11)7-12-13(20)19-14(21)24-12/h1-7H,(H,19,20,21)/b12-7-. The van der Waals surface area contributed by atoms with Gasteiger partial charge in [-0.2, -0.15) is 0 Å². The second kappa shape index (κ2) is 6.33. The number of carbonyl (C=O) groups is 2. The van der Waals surface area contributed by atoms with Gasteiger partial charge in [-0.3, -0.25) is 14.9 Å². The number of nitrogens with one attached hydrogen (secondary N) is 1. The maximum absolute atomic E-state index is 12.5. The van der Waals surface area contributed by atoms with Gasteiger partial charge in [0.15, 0.2) is 0 Å². The third-order valence-corrected chi connectivity index (χ3v) is 4.80. The number of hydrogen-bond acceptors (Lipinski definition) is 5. The molecule has 0 atom stereocenters. The molecule has 1 fully saturated rings. The molecule has 1 aliphatic rings. The number of hydrogen-bond donors (Lipinski definition) is 1. The van der Waals surface area contributed by atoms with Gasteiger partial charge in [-0.15, -0.1) is 24.5 Å². The fourth-order valence-corrected chi connectivity index (χ4v) is 3.74. The number of amides is 2. The smallest absolute Gasteiger partial charge is 0.405 e. The Bertz CT molecular complexity index is 842. The molecule has 24 heavy (non-hydrogen) atoms. The largest absolute Gasteiger partial charge is 0.573 e. The van der Waals surface area contributed by atoms with E-state index in [1.54, 1.807) is 18.2 Å². The summed E-state index contributed by atoms with van der Waals surface area (Å²) in [5.74, 6) is -0.782. The van der Waals surface area contributed by atoms with E-state index >= 15 is 0 Å². The number of thioether (sulfide) groups is 1. The van der Waals surface area contributed by atoms with Crippen molar-refractivity contribution in [1.82, 2.24) is 5.32 Å². The second-order valence-electron chi connectivity index (χ2n) is 4.60. The Hall–Kier alpha value is -2.26. The number of rotatable bonds is 3. The van der Waals surface area contributed by atoms with Crippen LogP contribution in [-0.2, 0) is 4.79 Å². The Morgan fingerprint density at radius 1 is 1.08 bits per heavy atom. The van der Waals surface area contributed by atoms with E-state index in [0.717, 1.165) is 11.8 Å². The van der Waals surface area contributed by atoms with Gasteiger partial charge in [0.2, 0.25) is 0 Å². The molecule has 4 nitrogen and oxygen atoms in total. The average Bonchev–Trinajstić information content (AvgIpc) is 3.05. The molecule has 2 heterocycles. The number of benzene rings is 1. The van der Waals surface area contributed by atoms with Crippen LogP contribution >= 0.6 is 23.1 Å². The van der Waals surface area contributed by atoms with Crippen LogP contribution in [0.1, 0.15) is 4.88 Å². The zero-order chi connectivity index (χ0) is 17.3. The Labute approximate surface area is 142 Å². The van der Waals surface area contributed by atoms with Crippen LogP contribution in [0.5, 0.6) is 5.75 Å². The minimum Gasteiger partial charge on any atom is -0.405 e. The first kappa shape index (κ1) is 16.6. The van der Waals surface area contributed by atoms with Gasteiger partial charge in [-0.1, -0.05) is 12.1 Å². The highest BCUT2D eigenvalue weighted by Gasteiger charge is 2.32. The number of para-hydroxylation sites is 1. The molecule has 0 unspecified atom stereocenters. The summed E-state index contributed by atoms with van der Waals surface area (Å²) in [5.41, 5.74) is 0.295. The van der Waals surface area contributed by atoms with Crippen LogP contribution in [0.15, 0.2) is 41.3 Å². The predicted octanol–water partition coefficient (Wildman–Crippen LogP) is 4.64. The highest BCUT2D eigenvalue weighted by molar-refractivity contribution is 8.18. The van der Waals surface area contributed by atoms with Crippen molar-refractivity contribution >= 4 is 40.3 Å². The van der Waals surface area contributed by atoms with Crippen LogP contribution in [0.2, 0.25) is 0 Å². The maximum atomic E-state index is 12.5. The van der Waals surface area contributed by atoms with Crippen molar-refractivity contribution in [3.05, 3.63) is 46.2 Å². The van der Waals surface area contributed by atoms with Crippen LogP contribution in [0, 0.1) is 0 Å². The van der Waals surface area contributed by atoms with E-state index in [2.05, 4.69) is 10.1 Å². The van der Waals surface area contributed by atoms with Crippen LogP contribution < -0.4 is 10.1 Å². The lowest BCUT2D eigenvalue weighted by molar-refractivity contribution is -0.274. The van der Waals surface area contributed by atoms with E-state index in [9.17, 15) is 22.8 Å². The summed E-state index contributed by atoms with van der Waals surface area (Å²) in [4.78, 5) is 24.1. The number of halogens is 3. The summed E-state index contributed by atoms with van der Waals surface area (Å²) in [6.45, 7) is 0. The minimum absolute atomic E-state index is 0.244. The molecule has 1 aromatic heterocycles. The first-order chi connectivity index (χ1) is 11.3. The fraction of sp³-hybridized carbons (Fsp3) is 0.0667. The van der Waals surface area contributed by atoms with Gasteiger partial charge < -0.3 is 4.74 Å². The Morgan fingerprint density at radius 2 is 1.83 bits per heavy atom. The van der Waals surface area contributed by atoms with Gasteiger partial charge in [0.05, 0.1) is 4.91 Å². The predicted molar refractivity (Wildman–Crippen MR) is 85.5 cm³/mol. The van der Waals surface area contributed by atoms with Crippen molar-refractivity contribution in [1.29, 1.82) is 0 Å². The van der Waals surface area contributed by atoms with E-state index in [1.807, 2.05) is 0 Å². The molecule has 1 aromatic carbocycles. The summed E-state index contributed by atoms with van der Waals surface area (Å²) in [6.07, 6.45) is -3.26. The van der Waals surface area contributed by atoms with Crippen LogP contribution in [0.4, 0.5) is 18.0 Å². The SMILES string of the molecule is O=C1NC(=O)/C(=C/c2ccc(-c3ccccc3OC(F)(F)F)s2)S1. The molecular formula is C15H8F3NO3S2. The van der Waals surface area contributed by atoms with Crippen molar-refractivity contribution in [3.8, 4) is 16.2 Å². The van der Waals surface area contributed by atoms with E-state index < -0.39 is 17.5 Å². The minimum atomic E-state index is -4.78. The van der Waals surface area contributed by atoms with Gasteiger partial charge in [-0.25, -0.2) is 0 Å². The molecule has 3 rings (SSSR count). The van der Waals surface area contributed by atoms with Crippen molar-refractivity contribution in [2.45, 2.75) is 6.36 Å². The molecule has 2 aromatic rings. The second-order valence-corrected chi connectivity index (χ2v) is 6.73. The highest BCUT2D eigenvalue weighted by Crippen LogP contribution is 2.38. The summed E-state index contributed by atoms with van der Waals surface area (Å²) in [7, 11) is 0. The van der Waals surface area contributed by atoms with Gasteiger partial charge in [0.25, 0.3) is 11.1 Å². The Morgan fingerprint density at radius 3 is 2.50 bits per heavy atom. The zero-order valence-corrected chi connectivity index (χ0v) is 13.3. The normalized spacial score (nSPS) is 16.5. The molecule has 0 saturated carbocycles. The number of imide groups is 1. The third-order valence-electron chi connectivity index (χ3n) is 2.92. The summed E-state index contributed by atoms with van der Waals surface area (Å²) < 4.78 is 41.5. The summed E-state index contributed by atoms with van der Waals surface area (Å²) in [5, 5.41) is 1.69. The monoisotopic (exact) mass is 371 g/mol. The topological polar surface area (TPSA) is 55.4 Å². The molecule has 0 aliphatic carbocycles. The van der Waals surface area contributed by atoms with Gasteiger partial charge in [0, 0.05) is 15.3 Å². The van der Waals surface area contributed by atoms with Crippen LogP contribution in [-0.4, -0.2) is 17.5 Å². The average molecular weight is 371 g/mol. The molecule has 0 bridgehead atoms. The Balaban J connectivity index is 1.91. The van der Waals surface area contributed by atoms with E-state index in [-0.39, 0.29) is 10.7 Å². The molecule has 0 spiro atoms. The number of alkyl halides is 3. The van der Waals surface area contributed by atoms with E-state index in [4.69, 9.17) is 0 Å². The summed E-state index contributed by atoms with van der Waals surface area (Å²) >= 11 is 1.97. The molecule has 124 valence electrons. The Kier molecular flexibility index (Phi) is 4.37. The number of thiophene rings is 1. The molecule has 1 saturated heterocycles. The lowest BCUT2D eigenvalue weighted by atomic mass is 10.1. The van der Waals surface area contributed by atoms with Crippen molar-refractivity contribution in [2.24, 2.45) is 0 Å². The first-order valence-electron chi connectivity index (χ1n) is 6.52. The molecule has 9 heteroatoms. The summed E-state index contributed by atoms with van der Waals surface area (Å²) in [6, 6.07) is 9.11. The number of ether oxygens (including phenoxy) is 1. The molecule has 0 radical (unpaired) electrons. The lowest BCUT2D eigenvalue weighted by Gasteiger charge is -2.12. The molecule has 1 aliphatic heterocycles. The van der Waals surface area contributed by atoms with Gasteiger partial charge >= 0.3 is 6.36 Å². The van der Waals surface area contributed by atoms with Crippen molar-refractivity contribution < 1.29 is 27.5 Å². The zero-order valence-electron chi connectivity index (χ0n) is 11.7. The van der Waals surface area contributed by atoms with E-state index in [0.29, 0.717) is 15.3 Å². The number of carbonyl (C=O) groups excluding carboxylic acids is 2. The first-order valence-corrected chi connectivity index (χ1v) is 8.15. The van der Waals surface area contributed by atoms with E-state index in [1.165, 1.54) is 35.6 Å². The highest BCUT2D eigenvalue weighted by atomic mass is 32.2. The van der Waals surface area contributed by atoms with Gasteiger partial charge in [0.1, 0.15) is 5.75 Å². The van der Waals surface area contributed by atoms with Crippen LogP contribution in [0.25, 0.3) is 16.5 Å².